The second kappa shape index (κ2) is 8.37. The fourth-order valence-electron chi connectivity index (χ4n) is 4.28. The van der Waals surface area contributed by atoms with Gasteiger partial charge in [-0.3, -0.25) is 14.3 Å². The van der Waals surface area contributed by atoms with Crippen molar-refractivity contribution >= 4 is 28.3 Å². The van der Waals surface area contributed by atoms with Crippen LogP contribution >= 0.6 is 0 Å². The molecular formula is C24H25N7O. The summed E-state index contributed by atoms with van der Waals surface area (Å²) in [6.07, 6.45) is 6.78. The van der Waals surface area contributed by atoms with Gasteiger partial charge >= 0.3 is 0 Å². The summed E-state index contributed by atoms with van der Waals surface area (Å²) in [7, 11) is 0. The quantitative estimate of drug-likeness (QED) is 0.534. The maximum atomic E-state index is 13.0. The Morgan fingerprint density at radius 1 is 1.03 bits per heavy atom. The van der Waals surface area contributed by atoms with Crippen molar-refractivity contribution < 1.29 is 4.79 Å². The number of nitrogens with one attached hydrogen (secondary N) is 1. The molecule has 1 aliphatic rings. The van der Waals surface area contributed by atoms with Crippen LogP contribution < -0.4 is 10.2 Å². The Morgan fingerprint density at radius 3 is 2.59 bits per heavy atom. The summed E-state index contributed by atoms with van der Waals surface area (Å²) in [4.78, 5) is 32.9. The van der Waals surface area contributed by atoms with Gasteiger partial charge in [-0.1, -0.05) is 18.2 Å². The van der Waals surface area contributed by atoms with Gasteiger partial charge in [0, 0.05) is 48.5 Å². The van der Waals surface area contributed by atoms with Crippen molar-refractivity contribution in [1.29, 1.82) is 0 Å². The highest BCUT2D eigenvalue weighted by atomic mass is 16.1. The second-order valence-electron chi connectivity index (χ2n) is 8.16. The van der Waals surface area contributed by atoms with E-state index in [0.29, 0.717) is 0 Å². The largest absolute Gasteiger partial charge is 0.356 e. The molecule has 8 heteroatoms. The van der Waals surface area contributed by atoms with E-state index in [1.807, 2.05) is 61.0 Å². The number of aromatic nitrogens is 5. The number of aryl methyl sites for hydroxylation is 2. The van der Waals surface area contributed by atoms with Crippen molar-refractivity contribution in [3.8, 4) is 5.82 Å². The highest BCUT2D eigenvalue weighted by molar-refractivity contribution is 6.01. The van der Waals surface area contributed by atoms with Gasteiger partial charge < -0.3 is 10.2 Å². The van der Waals surface area contributed by atoms with Gasteiger partial charge in [-0.25, -0.2) is 15.0 Å². The van der Waals surface area contributed by atoms with Gasteiger partial charge in [-0.2, -0.15) is 0 Å². The number of nitrogens with zero attached hydrogens (tertiary/aromatic N) is 6. The molecule has 1 amide bonds. The first kappa shape index (κ1) is 20.1. The SMILES string of the molecule is Cc1cc(NC(=O)C2CCN(c3cc(-n4ccnc4C)ncn3)CC2)c2ccccc2n1. The van der Waals surface area contributed by atoms with Crippen LogP contribution in [0.3, 0.4) is 0 Å². The van der Waals surface area contributed by atoms with E-state index in [4.69, 9.17) is 0 Å². The lowest BCUT2D eigenvalue weighted by Gasteiger charge is -2.32. The smallest absolute Gasteiger partial charge is 0.227 e. The third-order valence-electron chi connectivity index (χ3n) is 6.00. The van der Waals surface area contributed by atoms with Crippen molar-refractivity contribution in [1.82, 2.24) is 24.5 Å². The molecule has 4 heterocycles. The van der Waals surface area contributed by atoms with Gasteiger partial charge in [0.05, 0.1) is 11.2 Å². The maximum absolute atomic E-state index is 13.0. The Labute approximate surface area is 186 Å². The number of pyridine rings is 1. The van der Waals surface area contributed by atoms with E-state index in [1.165, 1.54) is 0 Å². The average Bonchev–Trinajstić information content (AvgIpc) is 3.25. The standard InChI is InChI=1S/C24H25N7O/c1-16-13-21(19-5-3-4-6-20(19)28-16)29-24(32)18-7-10-30(11-8-18)22-14-23(27-15-26-22)31-12-9-25-17(31)2/h3-6,9,12-15,18H,7-8,10-11H2,1-2H3,(H,28,29,32). The molecule has 0 aliphatic carbocycles. The van der Waals surface area contributed by atoms with E-state index in [1.54, 1.807) is 12.5 Å². The number of imidazole rings is 1. The number of piperidine rings is 1. The summed E-state index contributed by atoms with van der Waals surface area (Å²) in [5, 5.41) is 4.12. The molecular weight excluding hydrogens is 402 g/mol. The molecule has 0 radical (unpaired) electrons. The van der Waals surface area contributed by atoms with E-state index in [-0.39, 0.29) is 11.8 Å². The number of anilines is 2. The molecule has 0 bridgehead atoms. The topological polar surface area (TPSA) is 88.8 Å². The molecule has 0 atom stereocenters. The molecule has 0 unspecified atom stereocenters. The highest BCUT2D eigenvalue weighted by Gasteiger charge is 2.26. The predicted octanol–water partition coefficient (Wildman–Crippen LogP) is 3.68. The minimum Gasteiger partial charge on any atom is -0.356 e. The summed E-state index contributed by atoms with van der Waals surface area (Å²) in [6, 6.07) is 11.8. The zero-order chi connectivity index (χ0) is 22.1. The molecule has 3 aromatic heterocycles. The number of carbonyl (C=O) groups is 1. The van der Waals surface area contributed by atoms with E-state index in [2.05, 4.69) is 30.2 Å². The third kappa shape index (κ3) is 3.91. The maximum Gasteiger partial charge on any atom is 0.227 e. The van der Waals surface area contributed by atoms with Crippen LogP contribution in [0.2, 0.25) is 0 Å². The van der Waals surface area contributed by atoms with Crippen molar-refractivity contribution in [2.45, 2.75) is 26.7 Å². The number of hydrogen-bond acceptors (Lipinski definition) is 6. The van der Waals surface area contributed by atoms with Crippen molar-refractivity contribution in [2.24, 2.45) is 5.92 Å². The molecule has 1 fully saturated rings. The number of fused-ring (bicyclic) bond motifs is 1. The van der Waals surface area contributed by atoms with Crippen LogP contribution in [0.5, 0.6) is 0 Å². The van der Waals surface area contributed by atoms with Crippen molar-refractivity contribution in [3.63, 3.8) is 0 Å². The summed E-state index contributed by atoms with van der Waals surface area (Å²) < 4.78 is 1.94. The minimum atomic E-state index is -0.0318. The Kier molecular flexibility index (Phi) is 5.26. The fourth-order valence-corrected chi connectivity index (χ4v) is 4.28. The Balaban J connectivity index is 1.27. The first-order valence-electron chi connectivity index (χ1n) is 10.8. The zero-order valence-corrected chi connectivity index (χ0v) is 18.2. The van der Waals surface area contributed by atoms with E-state index in [0.717, 1.165) is 65.7 Å². The molecule has 162 valence electrons. The summed E-state index contributed by atoms with van der Waals surface area (Å²) in [5.41, 5.74) is 2.61. The number of carbonyl (C=O) groups excluding carboxylic acids is 1. The van der Waals surface area contributed by atoms with Gasteiger partial charge in [-0.15, -0.1) is 0 Å². The van der Waals surface area contributed by atoms with Gasteiger partial charge in [0.15, 0.2) is 0 Å². The molecule has 1 aliphatic heterocycles. The zero-order valence-electron chi connectivity index (χ0n) is 18.2. The van der Waals surface area contributed by atoms with Crippen molar-refractivity contribution in [2.75, 3.05) is 23.3 Å². The Hall–Kier alpha value is -3.81. The number of benzene rings is 1. The molecule has 4 aromatic rings. The van der Waals surface area contributed by atoms with Crippen LogP contribution in [-0.2, 0) is 4.79 Å². The lowest BCUT2D eigenvalue weighted by Crippen LogP contribution is -2.38. The summed E-state index contributed by atoms with van der Waals surface area (Å²) >= 11 is 0. The Morgan fingerprint density at radius 2 is 1.81 bits per heavy atom. The highest BCUT2D eigenvalue weighted by Crippen LogP contribution is 2.27. The van der Waals surface area contributed by atoms with Gasteiger partial charge in [0.2, 0.25) is 5.91 Å². The van der Waals surface area contributed by atoms with Gasteiger partial charge in [0.1, 0.15) is 23.8 Å². The molecule has 1 saturated heterocycles. The second-order valence-corrected chi connectivity index (χ2v) is 8.16. The number of rotatable bonds is 4. The minimum absolute atomic E-state index is 0.0318. The molecule has 0 spiro atoms. The van der Waals surface area contributed by atoms with Gasteiger partial charge in [-0.05, 0) is 38.8 Å². The molecule has 5 rings (SSSR count). The summed E-state index contributed by atoms with van der Waals surface area (Å²) in [5.74, 6) is 2.58. The predicted molar refractivity (Wildman–Crippen MR) is 124 cm³/mol. The van der Waals surface area contributed by atoms with Crippen LogP contribution in [0.4, 0.5) is 11.5 Å². The van der Waals surface area contributed by atoms with Gasteiger partial charge in [0.25, 0.3) is 0 Å². The lowest BCUT2D eigenvalue weighted by molar-refractivity contribution is -0.120. The number of hydrogen-bond donors (Lipinski definition) is 1. The fraction of sp³-hybridized carbons (Fsp3) is 0.292. The lowest BCUT2D eigenvalue weighted by atomic mass is 9.95. The van der Waals surface area contributed by atoms with E-state index in [9.17, 15) is 4.79 Å². The molecule has 1 aromatic carbocycles. The first-order valence-corrected chi connectivity index (χ1v) is 10.8. The monoisotopic (exact) mass is 427 g/mol. The van der Waals surface area contributed by atoms with Crippen LogP contribution in [0.25, 0.3) is 16.7 Å². The van der Waals surface area contributed by atoms with Crippen LogP contribution in [-0.4, -0.2) is 43.5 Å². The van der Waals surface area contributed by atoms with E-state index < -0.39 is 0 Å². The number of amides is 1. The van der Waals surface area contributed by atoms with Crippen LogP contribution in [0.1, 0.15) is 24.4 Å². The first-order chi connectivity index (χ1) is 15.6. The number of para-hydroxylation sites is 1. The van der Waals surface area contributed by atoms with Crippen LogP contribution in [0.15, 0.2) is 55.1 Å². The molecule has 8 nitrogen and oxygen atoms in total. The van der Waals surface area contributed by atoms with E-state index >= 15 is 0 Å². The third-order valence-corrected chi connectivity index (χ3v) is 6.00. The molecule has 1 N–H and O–H groups in total. The van der Waals surface area contributed by atoms with Crippen molar-refractivity contribution in [3.05, 3.63) is 66.6 Å². The average molecular weight is 428 g/mol. The normalized spacial score (nSPS) is 14.6. The summed E-state index contributed by atoms with van der Waals surface area (Å²) in [6.45, 7) is 5.43. The Bertz CT molecular complexity index is 1270. The van der Waals surface area contributed by atoms with Crippen LogP contribution in [0, 0.1) is 19.8 Å². The molecule has 32 heavy (non-hydrogen) atoms. The molecule has 0 saturated carbocycles.